The van der Waals surface area contributed by atoms with Gasteiger partial charge in [-0.25, -0.2) is 9.80 Å². The maximum absolute atomic E-state index is 12.7. The number of hydrazone groups is 1. The molecule has 11 nitrogen and oxygen atoms in total. The third kappa shape index (κ3) is 4.57. The number of hydrogen-bond donors (Lipinski definition) is 3. The van der Waals surface area contributed by atoms with E-state index in [1.807, 2.05) is 0 Å². The minimum absolute atomic E-state index is 0.0702. The average Bonchev–Trinajstić information content (AvgIpc) is 2.89. The lowest BCUT2D eigenvalue weighted by Gasteiger charge is -2.33. The van der Waals surface area contributed by atoms with Gasteiger partial charge in [0.1, 0.15) is 17.9 Å². The van der Waals surface area contributed by atoms with Gasteiger partial charge in [-0.05, 0) is 39.8 Å². The Labute approximate surface area is 172 Å². The van der Waals surface area contributed by atoms with Crippen LogP contribution in [0.15, 0.2) is 29.4 Å². The van der Waals surface area contributed by atoms with E-state index in [0.29, 0.717) is 5.56 Å². The molecule has 3 amide bonds. The SMILES string of the molecule is CN1N=C(c2ccc(C(=O)NCC(=O)O)cc2)C(C)(N(O)C(=O)OC(C)(C)C)C1=O. The second-order valence-electron chi connectivity index (χ2n) is 7.80. The van der Waals surface area contributed by atoms with Gasteiger partial charge in [-0.3, -0.25) is 19.6 Å². The van der Waals surface area contributed by atoms with Crippen LogP contribution in [-0.4, -0.2) is 74.7 Å². The van der Waals surface area contributed by atoms with Crippen LogP contribution in [0.2, 0.25) is 0 Å². The largest absolute Gasteiger partial charge is 0.480 e. The molecule has 0 spiro atoms. The van der Waals surface area contributed by atoms with E-state index in [2.05, 4.69) is 10.4 Å². The lowest BCUT2D eigenvalue weighted by molar-refractivity contribution is -0.161. The molecule has 0 aliphatic carbocycles. The van der Waals surface area contributed by atoms with Gasteiger partial charge in [0.25, 0.3) is 11.8 Å². The number of benzene rings is 1. The van der Waals surface area contributed by atoms with Crippen molar-refractivity contribution in [2.75, 3.05) is 13.6 Å². The Kier molecular flexibility index (Phi) is 6.17. The lowest BCUT2D eigenvalue weighted by atomic mass is 9.89. The molecule has 2 rings (SSSR count). The van der Waals surface area contributed by atoms with Gasteiger partial charge < -0.3 is 15.2 Å². The van der Waals surface area contributed by atoms with E-state index in [0.717, 1.165) is 5.01 Å². The molecule has 11 heteroatoms. The van der Waals surface area contributed by atoms with Gasteiger partial charge in [0.2, 0.25) is 0 Å². The van der Waals surface area contributed by atoms with Crippen molar-refractivity contribution in [1.82, 2.24) is 15.4 Å². The summed E-state index contributed by atoms with van der Waals surface area (Å²) < 4.78 is 5.15. The van der Waals surface area contributed by atoms with Crippen molar-refractivity contribution in [3.63, 3.8) is 0 Å². The highest BCUT2D eigenvalue weighted by atomic mass is 16.6. The predicted molar refractivity (Wildman–Crippen MR) is 104 cm³/mol. The molecule has 0 saturated carbocycles. The summed E-state index contributed by atoms with van der Waals surface area (Å²) in [5, 5.41) is 26.7. The number of carbonyl (C=O) groups excluding carboxylic acids is 3. The quantitative estimate of drug-likeness (QED) is 0.476. The normalized spacial score (nSPS) is 18.7. The van der Waals surface area contributed by atoms with Crippen molar-refractivity contribution in [2.24, 2.45) is 5.10 Å². The van der Waals surface area contributed by atoms with Gasteiger partial charge >= 0.3 is 12.1 Å². The molecule has 1 aromatic rings. The number of amides is 3. The van der Waals surface area contributed by atoms with Crippen LogP contribution >= 0.6 is 0 Å². The molecular formula is C19H24N4O7. The highest BCUT2D eigenvalue weighted by molar-refractivity contribution is 6.24. The number of carboxylic acids is 1. The molecule has 0 radical (unpaired) electrons. The molecule has 0 aromatic heterocycles. The van der Waals surface area contributed by atoms with Gasteiger partial charge in [-0.1, -0.05) is 12.1 Å². The van der Waals surface area contributed by atoms with Gasteiger partial charge in [0.15, 0.2) is 5.54 Å². The summed E-state index contributed by atoms with van der Waals surface area (Å²) in [7, 11) is 1.38. The molecule has 0 saturated heterocycles. The van der Waals surface area contributed by atoms with Crippen molar-refractivity contribution >= 4 is 29.6 Å². The van der Waals surface area contributed by atoms with Crippen molar-refractivity contribution in [3.8, 4) is 0 Å². The molecule has 0 bridgehead atoms. The molecule has 1 aliphatic rings. The van der Waals surface area contributed by atoms with Crippen LogP contribution in [0, 0.1) is 0 Å². The second kappa shape index (κ2) is 8.11. The standard InChI is InChI=1S/C19H24N4O7/c1-18(2,3)30-17(28)23(29)19(4)14(21-22(5)16(19)27)11-6-8-12(9-7-11)15(26)20-10-13(24)25/h6-9,29H,10H2,1-5H3,(H,20,26)(H,24,25). The molecule has 3 N–H and O–H groups in total. The number of nitrogens with zero attached hydrogens (tertiary/aromatic N) is 3. The van der Waals surface area contributed by atoms with Crippen LogP contribution in [0.5, 0.6) is 0 Å². The van der Waals surface area contributed by atoms with Gasteiger partial charge in [0, 0.05) is 18.2 Å². The Morgan fingerprint density at radius 2 is 1.80 bits per heavy atom. The maximum atomic E-state index is 12.7. The van der Waals surface area contributed by atoms with E-state index < -0.39 is 41.6 Å². The third-order valence-corrected chi connectivity index (χ3v) is 4.23. The van der Waals surface area contributed by atoms with Crippen LogP contribution in [0.25, 0.3) is 0 Å². The van der Waals surface area contributed by atoms with Gasteiger partial charge in [-0.2, -0.15) is 10.2 Å². The molecule has 0 fully saturated rings. The summed E-state index contributed by atoms with van der Waals surface area (Å²) >= 11 is 0. The second-order valence-corrected chi connectivity index (χ2v) is 7.80. The van der Waals surface area contributed by atoms with Crippen molar-refractivity contribution in [2.45, 2.75) is 38.8 Å². The van der Waals surface area contributed by atoms with Crippen LogP contribution in [0.3, 0.4) is 0 Å². The van der Waals surface area contributed by atoms with E-state index in [1.54, 1.807) is 20.8 Å². The van der Waals surface area contributed by atoms with E-state index in [1.165, 1.54) is 38.2 Å². The van der Waals surface area contributed by atoms with Crippen LogP contribution in [0.1, 0.15) is 43.6 Å². The Balaban J connectivity index is 2.33. The zero-order valence-electron chi connectivity index (χ0n) is 17.3. The summed E-state index contributed by atoms with van der Waals surface area (Å²) in [6.45, 7) is 5.65. The van der Waals surface area contributed by atoms with Crippen LogP contribution in [0.4, 0.5) is 4.79 Å². The van der Waals surface area contributed by atoms with Gasteiger partial charge in [-0.15, -0.1) is 0 Å². The Morgan fingerprint density at radius 1 is 1.23 bits per heavy atom. The highest BCUT2D eigenvalue weighted by Gasteiger charge is 2.54. The fourth-order valence-electron chi connectivity index (χ4n) is 2.76. The van der Waals surface area contributed by atoms with E-state index in [9.17, 15) is 24.4 Å². The topological polar surface area (TPSA) is 149 Å². The number of carbonyl (C=O) groups is 4. The number of likely N-dealkylation sites (N-methyl/N-ethyl adjacent to an activating group) is 1. The number of carboxylic acid groups (broad SMARTS) is 1. The maximum Gasteiger partial charge on any atom is 0.435 e. The summed E-state index contributed by atoms with van der Waals surface area (Å²) in [5.41, 5.74) is -2.13. The fourth-order valence-corrected chi connectivity index (χ4v) is 2.76. The van der Waals surface area contributed by atoms with Crippen LogP contribution < -0.4 is 5.32 Å². The predicted octanol–water partition coefficient (Wildman–Crippen LogP) is 1.06. The average molecular weight is 420 g/mol. The highest BCUT2D eigenvalue weighted by Crippen LogP contribution is 2.30. The van der Waals surface area contributed by atoms with Crippen molar-refractivity contribution in [3.05, 3.63) is 35.4 Å². The van der Waals surface area contributed by atoms with E-state index >= 15 is 0 Å². The van der Waals surface area contributed by atoms with E-state index in [-0.39, 0.29) is 16.3 Å². The minimum atomic E-state index is -1.86. The Bertz CT molecular complexity index is 904. The Hall–Kier alpha value is -3.47. The molecule has 1 unspecified atom stereocenters. The first-order chi connectivity index (χ1) is 13.8. The smallest absolute Gasteiger partial charge is 0.435 e. The van der Waals surface area contributed by atoms with E-state index in [4.69, 9.17) is 9.84 Å². The summed E-state index contributed by atoms with van der Waals surface area (Å²) in [6.07, 6.45) is -1.12. The number of nitrogens with one attached hydrogen (secondary N) is 1. The molecule has 30 heavy (non-hydrogen) atoms. The van der Waals surface area contributed by atoms with Crippen LogP contribution in [-0.2, 0) is 14.3 Å². The number of hydrogen-bond acceptors (Lipinski definition) is 7. The number of rotatable bonds is 5. The third-order valence-electron chi connectivity index (χ3n) is 4.23. The number of ether oxygens (including phenoxy) is 1. The molecular weight excluding hydrogens is 396 g/mol. The molecule has 1 aliphatic heterocycles. The molecule has 162 valence electrons. The first-order valence-electron chi connectivity index (χ1n) is 8.97. The Morgan fingerprint density at radius 3 is 2.30 bits per heavy atom. The molecule has 1 heterocycles. The molecule has 1 aromatic carbocycles. The monoisotopic (exact) mass is 420 g/mol. The summed E-state index contributed by atoms with van der Waals surface area (Å²) in [6, 6.07) is 5.77. The summed E-state index contributed by atoms with van der Waals surface area (Å²) in [4.78, 5) is 47.6. The number of hydroxylamine groups is 2. The summed E-state index contributed by atoms with van der Waals surface area (Å²) in [5.74, 6) is -2.43. The first-order valence-corrected chi connectivity index (χ1v) is 8.97. The van der Waals surface area contributed by atoms with Crippen molar-refractivity contribution < 1.29 is 34.2 Å². The zero-order valence-corrected chi connectivity index (χ0v) is 17.3. The molecule has 1 atom stereocenters. The number of aliphatic carboxylic acids is 1. The minimum Gasteiger partial charge on any atom is -0.480 e. The zero-order chi connectivity index (χ0) is 22.9. The fraction of sp³-hybridized carbons (Fsp3) is 0.421. The lowest BCUT2D eigenvalue weighted by Crippen LogP contribution is -2.59. The van der Waals surface area contributed by atoms with Gasteiger partial charge in [0.05, 0.1) is 0 Å². The first kappa shape index (κ1) is 22.8. The van der Waals surface area contributed by atoms with Crippen molar-refractivity contribution in [1.29, 1.82) is 0 Å².